The molecule has 1 heterocycles. The fourth-order valence-electron chi connectivity index (χ4n) is 3.10. The Balaban J connectivity index is 1.90. The van der Waals surface area contributed by atoms with E-state index in [0.29, 0.717) is 18.8 Å². The molecule has 1 fully saturated rings. The molecular weight excluding hydrogens is 364 g/mol. The highest BCUT2D eigenvalue weighted by atomic mass is 32.2. The van der Waals surface area contributed by atoms with Crippen LogP contribution in [0.4, 0.5) is 5.69 Å². The van der Waals surface area contributed by atoms with Gasteiger partial charge in [-0.15, -0.1) is 0 Å². The summed E-state index contributed by atoms with van der Waals surface area (Å²) in [6.45, 7) is 2.95. The van der Waals surface area contributed by atoms with Crippen molar-refractivity contribution in [1.29, 1.82) is 0 Å². The Hall–Kier alpha value is -2.38. The smallest absolute Gasteiger partial charge is 0.255 e. The Morgan fingerprint density at radius 3 is 2.33 bits per heavy atom. The summed E-state index contributed by atoms with van der Waals surface area (Å²) < 4.78 is 32.8. The fourth-order valence-corrected chi connectivity index (χ4v) is 4.80. The van der Waals surface area contributed by atoms with Crippen LogP contribution in [0.5, 0.6) is 5.75 Å². The summed E-state index contributed by atoms with van der Waals surface area (Å²) in [6.07, 6.45) is 2.71. The maximum atomic E-state index is 13.1. The molecule has 1 aliphatic rings. The number of carbonyl (C=O) groups is 1. The predicted octanol–water partition coefficient (Wildman–Crippen LogP) is 3.43. The minimum atomic E-state index is -3.71. The number of anilines is 1. The van der Waals surface area contributed by atoms with Crippen molar-refractivity contribution in [2.75, 3.05) is 25.5 Å². The standard InChI is InChI=1S/C20H24N2O4S/c1-15-6-9-17(10-7-15)21-20(23)16-8-11-18(26-2)19(14-16)27(24,25)22-12-4-3-5-13-22/h6-11,14H,3-5,12-13H2,1-2H3,(H,21,23). The number of nitrogens with one attached hydrogen (secondary N) is 1. The zero-order chi connectivity index (χ0) is 19.4. The normalized spacial score (nSPS) is 15.3. The second kappa shape index (κ2) is 8.10. The topological polar surface area (TPSA) is 75.7 Å². The largest absolute Gasteiger partial charge is 0.495 e. The molecule has 0 radical (unpaired) electrons. The van der Waals surface area contributed by atoms with Crippen LogP contribution in [0.2, 0.25) is 0 Å². The van der Waals surface area contributed by atoms with Gasteiger partial charge in [0.2, 0.25) is 10.0 Å². The Morgan fingerprint density at radius 2 is 1.70 bits per heavy atom. The van der Waals surface area contributed by atoms with Gasteiger partial charge in [-0.05, 0) is 50.1 Å². The van der Waals surface area contributed by atoms with Gasteiger partial charge >= 0.3 is 0 Å². The molecule has 0 spiro atoms. The lowest BCUT2D eigenvalue weighted by atomic mass is 10.2. The Labute approximate surface area is 160 Å². The lowest BCUT2D eigenvalue weighted by Crippen LogP contribution is -2.35. The molecule has 27 heavy (non-hydrogen) atoms. The number of ether oxygens (including phenoxy) is 1. The van der Waals surface area contributed by atoms with Crippen molar-refractivity contribution in [3.05, 3.63) is 53.6 Å². The first kappa shape index (κ1) is 19.4. The van der Waals surface area contributed by atoms with E-state index in [1.807, 2.05) is 31.2 Å². The molecule has 7 heteroatoms. The Kier molecular flexibility index (Phi) is 5.82. The van der Waals surface area contributed by atoms with Gasteiger partial charge in [0.05, 0.1) is 7.11 Å². The van der Waals surface area contributed by atoms with Gasteiger partial charge < -0.3 is 10.1 Å². The number of rotatable bonds is 5. The summed E-state index contributed by atoms with van der Waals surface area (Å²) in [5, 5.41) is 2.79. The first-order valence-electron chi connectivity index (χ1n) is 8.98. The molecule has 2 aromatic carbocycles. The summed E-state index contributed by atoms with van der Waals surface area (Å²) in [6, 6.07) is 11.9. The molecule has 0 atom stereocenters. The van der Waals surface area contributed by atoms with E-state index in [1.54, 1.807) is 6.07 Å². The molecule has 0 aromatic heterocycles. The second-order valence-electron chi connectivity index (χ2n) is 6.65. The SMILES string of the molecule is COc1ccc(C(=O)Nc2ccc(C)cc2)cc1S(=O)(=O)N1CCCCC1. The summed E-state index contributed by atoms with van der Waals surface area (Å²) in [5.41, 5.74) is 2.01. The number of sulfonamides is 1. The third-order valence-corrected chi connectivity index (χ3v) is 6.59. The van der Waals surface area contributed by atoms with Crippen molar-refractivity contribution in [3.8, 4) is 5.75 Å². The maximum Gasteiger partial charge on any atom is 0.255 e. The highest BCUT2D eigenvalue weighted by molar-refractivity contribution is 7.89. The predicted molar refractivity (Wildman–Crippen MR) is 105 cm³/mol. The summed E-state index contributed by atoms with van der Waals surface area (Å²) in [7, 11) is -2.28. The number of aryl methyl sites for hydroxylation is 1. The maximum absolute atomic E-state index is 13.1. The average molecular weight is 388 g/mol. The Bertz CT molecular complexity index is 917. The van der Waals surface area contributed by atoms with E-state index < -0.39 is 10.0 Å². The van der Waals surface area contributed by atoms with Crippen molar-refractivity contribution >= 4 is 21.6 Å². The van der Waals surface area contributed by atoms with Gasteiger partial charge in [-0.2, -0.15) is 4.31 Å². The molecule has 1 N–H and O–H groups in total. The first-order chi connectivity index (χ1) is 12.9. The fraction of sp³-hybridized carbons (Fsp3) is 0.350. The molecule has 3 rings (SSSR count). The molecule has 144 valence electrons. The zero-order valence-electron chi connectivity index (χ0n) is 15.6. The first-order valence-corrected chi connectivity index (χ1v) is 10.4. The number of amides is 1. The van der Waals surface area contributed by atoms with Crippen molar-refractivity contribution in [1.82, 2.24) is 4.31 Å². The number of hydrogen-bond acceptors (Lipinski definition) is 4. The summed E-state index contributed by atoms with van der Waals surface area (Å²) in [4.78, 5) is 12.6. The number of hydrogen-bond donors (Lipinski definition) is 1. The summed E-state index contributed by atoms with van der Waals surface area (Å²) in [5.74, 6) is -0.121. The van der Waals surface area contributed by atoms with Crippen molar-refractivity contribution in [2.45, 2.75) is 31.1 Å². The average Bonchev–Trinajstić information content (AvgIpc) is 2.69. The van der Waals surface area contributed by atoms with Gasteiger partial charge in [-0.25, -0.2) is 8.42 Å². The van der Waals surface area contributed by atoms with Crippen molar-refractivity contribution in [2.24, 2.45) is 0 Å². The molecule has 1 amide bonds. The van der Waals surface area contributed by atoms with E-state index in [-0.39, 0.29) is 22.1 Å². The zero-order valence-corrected chi connectivity index (χ0v) is 16.4. The van der Waals surface area contributed by atoms with Crippen LogP contribution in [0, 0.1) is 6.92 Å². The van der Waals surface area contributed by atoms with Gasteiger partial charge in [-0.1, -0.05) is 24.1 Å². The molecule has 0 aliphatic carbocycles. The molecular formula is C20H24N2O4S. The van der Waals surface area contributed by atoms with Crippen LogP contribution in [0.1, 0.15) is 35.2 Å². The van der Waals surface area contributed by atoms with Gasteiger partial charge in [-0.3, -0.25) is 4.79 Å². The van der Waals surface area contributed by atoms with Gasteiger partial charge in [0.1, 0.15) is 10.6 Å². The minimum Gasteiger partial charge on any atom is -0.495 e. The number of methoxy groups -OCH3 is 1. The van der Waals surface area contributed by atoms with E-state index >= 15 is 0 Å². The molecule has 0 unspecified atom stereocenters. The number of carbonyl (C=O) groups excluding carboxylic acids is 1. The quantitative estimate of drug-likeness (QED) is 0.851. The van der Waals surface area contributed by atoms with Crippen LogP contribution >= 0.6 is 0 Å². The van der Waals surface area contributed by atoms with Crippen LogP contribution < -0.4 is 10.1 Å². The highest BCUT2D eigenvalue weighted by Crippen LogP contribution is 2.29. The lowest BCUT2D eigenvalue weighted by molar-refractivity contribution is 0.102. The van der Waals surface area contributed by atoms with E-state index in [1.165, 1.54) is 23.5 Å². The number of nitrogens with zero attached hydrogens (tertiary/aromatic N) is 1. The van der Waals surface area contributed by atoms with Crippen molar-refractivity contribution in [3.63, 3.8) is 0 Å². The monoisotopic (exact) mass is 388 g/mol. The molecule has 1 saturated heterocycles. The number of benzene rings is 2. The van der Waals surface area contributed by atoms with Crippen LogP contribution in [-0.2, 0) is 10.0 Å². The molecule has 6 nitrogen and oxygen atoms in total. The van der Waals surface area contributed by atoms with Gasteiger partial charge in [0, 0.05) is 24.3 Å². The lowest BCUT2D eigenvalue weighted by Gasteiger charge is -2.26. The Morgan fingerprint density at radius 1 is 1.04 bits per heavy atom. The molecule has 0 bridgehead atoms. The molecule has 0 saturated carbocycles. The van der Waals surface area contributed by atoms with Crippen LogP contribution in [0.3, 0.4) is 0 Å². The third kappa shape index (κ3) is 4.31. The third-order valence-electron chi connectivity index (χ3n) is 4.67. The van der Waals surface area contributed by atoms with Crippen LogP contribution in [0.25, 0.3) is 0 Å². The minimum absolute atomic E-state index is 0.0310. The van der Waals surface area contributed by atoms with Crippen LogP contribution in [-0.4, -0.2) is 38.8 Å². The molecule has 2 aromatic rings. The van der Waals surface area contributed by atoms with Crippen molar-refractivity contribution < 1.29 is 17.9 Å². The van der Waals surface area contributed by atoms with Gasteiger partial charge in [0.25, 0.3) is 5.91 Å². The molecule has 1 aliphatic heterocycles. The van der Waals surface area contributed by atoms with E-state index in [2.05, 4.69) is 5.32 Å². The highest BCUT2D eigenvalue weighted by Gasteiger charge is 2.29. The number of piperidine rings is 1. The summed E-state index contributed by atoms with van der Waals surface area (Å²) >= 11 is 0. The van der Waals surface area contributed by atoms with E-state index in [4.69, 9.17) is 4.74 Å². The van der Waals surface area contributed by atoms with Gasteiger partial charge in [0.15, 0.2) is 0 Å². The second-order valence-corrected chi connectivity index (χ2v) is 8.56. The van der Waals surface area contributed by atoms with Crippen LogP contribution in [0.15, 0.2) is 47.4 Å². The van der Waals surface area contributed by atoms with E-state index in [0.717, 1.165) is 24.8 Å². The van der Waals surface area contributed by atoms with E-state index in [9.17, 15) is 13.2 Å².